The average Bonchev–Trinajstić information content (AvgIpc) is 2.87. The van der Waals surface area contributed by atoms with E-state index in [9.17, 15) is 4.79 Å². The van der Waals surface area contributed by atoms with Gasteiger partial charge in [0.25, 0.3) is 0 Å². The molecular formula is C16H29N3O2. The molecule has 1 aromatic heterocycles. The number of esters is 1. The van der Waals surface area contributed by atoms with Gasteiger partial charge in [-0.15, -0.1) is 5.10 Å². The van der Waals surface area contributed by atoms with Crippen LogP contribution in [-0.2, 0) is 17.7 Å². The van der Waals surface area contributed by atoms with E-state index in [-0.39, 0.29) is 5.97 Å². The quantitative estimate of drug-likeness (QED) is 0.619. The summed E-state index contributed by atoms with van der Waals surface area (Å²) in [6.07, 6.45) is 6.55. The molecule has 0 bridgehead atoms. The zero-order chi connectivity index (χ0) is 15.7. The molecule has 0 aliphatic heterocycles. The zero-order valence-corrected chi connectivity index (χ0v) is 13.9. The molecule has 1 unspecified atom stereocenters. The molecular weight excluding hydrogens is 266 g/mol. The Hall–Kier alpha value is -1.39. The number of hydrogen-bond donors (Lipinski definition) is 0. The minimum atomic E-state index is -0.353. The summed E-state index contributed by atoms with van der Waals surface area (Å²) in [6.45, 7) is 9.54. The standard InChI is InChI=1S/C16H29N3O2/c1-5-9-11-13(7-3)12-19-14(10-6-2)15(17-18-19)16(20)21-8-4/h13H,5-12H2,1-4H3. The van der Waals surface area contributed by atoms with Crippen molar-refractivity contribution >= 4 is 5.97 Å². The van der Waals surface area contributed by atoms with E-state index in [1.165, 1.54) is 19.3 Å². The maximum Gasteiger partial charge on any atom is 0.360 e. The van der Waals surface area contributed by atoms with Crippen LogP contribution < -0.4 is 0 Å². The highest BCUT2D eigenvalue weighted by Crippen LogP contribution is 2.18. The van der Waals surface area contributed by atoms with Crippen molar-refractivity contribution in [3.05, 3.63) is 11.4 Å². The third-order valence-corrected chi connectivity index (χ3v) is 3.77. The summed E-state index contributed by atoms with van der Waals surface area (Å²) in [4.78, 5) is 11.9. The third kappa shape index (κ3) is 5.14. The van der Waals surface area contributed by atoms with E-state index in [1.54, 1.807) is 6.92 Å². The van der Waals surface area contributed by atoms with E-state index in [0.717, 1.165) is 31.5 Å². The fourth-order valence-corrected chi connectivity index (χ4v) is 2.48. The van der Waals surface area contributed by atoms with Crippen molar-refractivity contribution in [1.82, 2.24) is 15.0 Å². The van der Waals surface area contributed by atoms with E-state index in [1.807, 2.05) is 4.68 Å². The molecule has 120 valence electrons. The molecule has 0 fully saturated rings. The smallest absolute Gasteiger partial charge is 0.360 e. The van der Waals surface area contributed by atoms with E-state index in [2.05, 4.69) is 31.1 Å². The molecule has 0 amide bonds. The lowest BCUT2D eigenvalue weighted by atomic mass is 9.99. The van der Waals surface area contributed by atoms with Gasteiger partial charge in [-0.3, -0.25) is 0 Å². The molecule has 21 heavy (non-hydrogen) atoms. The van der Waals surface area contributed by atoms with Gasteiger partial charge in [-0.25, -0.2) is 9.48 Å². The second-order valence-corrected chi connectivity index (χ2v) is 5.45. The first-order chi connectivity index (χ1) is 10.2. The Morgan fingerprint density at radius 2 is 2.00 bits per heavy atom. The molecule has 0 aliphatic carbocycles. The zero-order valence-electron chi connectivity index (χ0n) is 13.9. The van der Waals surface area contributed by atoms with E-state index in [4.69, 9.17) is 4.74 Å². The molecule has 1 heterocycles. The molecule has 0 aliphatic rings. The average molecular weight is 295 g/mol. The van der Waals surface area contributed by atoms with Crippen molar-refractivity contribution in [2.45, 2.75) is 72.8 Å². The number of hydrogen-bond acceptors (Lipinski definition) is 4. The third-order valence-electron chi connectivity index (χ3n) is 3.77. The Morgan fingerprint density at radius 1 is 1.24 bits per heavy atom. The SMILES string of the molecule is CCCCC(CC)Cn1nnc(C(=O)OCC)c1CCC. The number of carbonyl (C=O) groups excluding carboxylic acids is 1. The highest BCUT2D eigenvalue weighted by molar-refractivity contribution is 5.88. The molecule has 1 atom stereocenters. The van der Waals surface area contributed by atoms with Gasteiger partial charge in [0.15, 0.2) is 5.69 Å². The fraction of sp³-hybridized carbons (Fsp3) is 0.812. The number of aromatic nitrogens is 3. The highest BCUT2D eigenvalue weighted by Gasteiger charge is 2.21. The summed E-state index contributed by atoms with van der Waals surface area (Å²) in [5.41, 5.74) is 1.31. The van der Waals surface area contributed by atoms with Crippen molar-refractivity contribution in [2.24, 2.45) is 5.92 Å². The minimum absolute atomic E-state index is 0.353. The van der Waals surface area contributed by atoms with Crippen LogP contribution in [0.15, 0.2) is 0 Å². The molecule has 0 N–H and O–H groups in total. The van der Waals surface area contributed by atoms with Crippen LogP contribution in [0, 0.1) is 5.92 Å². The Labute approximate surface area is 128 Å². The highest BCUT2D eigenvalue weighted by atomic mass is 16.5. The molecule has 0 spiro atoms. The van der Waals surface area contributed by atoms with Crippen LogP contribution in [0.25, 0.3) is 0 Å². The van der Waals surface area contributed by atoms with Crippen molar-refractivity contribution in [1.29, 1.82) is 0 Å². The predicted octanol–water partition coefficient (Wildman–Crippen LogP) is 3.62. The Bertz CT molecular complexity index is 429. The summed E-state index contributed by atoms with van der Waals surface area (Å²) < 4.78 is 6.99. The van der Waals surface area contributed by atoms with Gasteiger partial charge in [0, 0.05) is 6.54 Å². The van der Waals surface area contributed by atoms with Gasteiger partial charge >= 0.3 is 5.97 Å². The fourth-order valence-electron chi connectivity index (χ4n) is 2.48. The summed E-state index contributed by atoms with van der Waals surface area (Å²) in [5, 5.41) is 8.26. The van der Waals surface area contributed by atoms with Crippen molar-refractivity contribution < 1.29 is 9.53 Å². The number of rotatable bonds is 10. The monoisotopic (exact) mass is 295 g/mol. The summed E-state index contributed by atoms with van der Waals surface area (Å²) in [7, 11) is 0. The van der Waals surface area contributed by atoms with Gasteiger partial charge < -0.3 is 4.74 Å². The summed E-state index contributed by atoms with van der Waals surface area (Å²) >= 11 is 0. The van der Waals surface area contributed by atoms with Crippen LogP contribution in [0.4, 0.5) is 0 Å². The van der Waals surface area contributed by atoms with Crippen LogP contribution >= 0.6 is 0 Å². The maximum absolute atomic E-state index is 11.9. The van der Waals surface area contributed by atoms with Gasteiger partial charge in [-0.05, 0) is 25.7 Å². The molecule has 0 radical (unpaired) electrons. The van der Waals surface area contributed by atoms with E-state index in [0.29, 0.717) is 18.2 Å². The molecule has 0 aromatic carbocycles. The second-order valence-electron chi connectivity index (χ2n) is 5.45. The van der Waals surface area contributed by atoms with Crippen molar-refractivity contribution in [2.75, 3.05) is 6.61 Å². The lowest BCUT2D eigenvalue weighted by molar-refractivity contribution is 0.0518. The van der Waals surface area contributed by atoms with Crippen molar-refractivity contribution in [3.63, 3.8) is 0 Å². The van der Waals surface area contributed by atoms with E-state index >= 15 is 0 Å². The van der Waals surface area contributed by atoms with E-state index < -0.39 is 0 Å². The van der Waals surface area contributed by atoms with Crippen LogP contribution in [-0.4, -0.2) is 27.6 Å². The number of unbranched alkanes of at least 4 members (excludes halogenated alkanes) is 1. The summed E-state index contributed by atoms with van der Waals surface area (Å²) in [6, 6.07) is 0. The van der Waals surface area contributed by atoms with Crippen LogP contribution in [0.1, 0.15) is 76.0 Å². The first-order valence-corrected chi connectivity index (χ1v) is 8.27. The second kappa shape index (κ2) is 9.53. The van der Waals surface area contributed by atoms with Gasteiger partial charge in [0.2, 0.25) is 0 Å². The first kappa shape index (κ1) is 17.7. The Kier molecular flexibility index (Phi) is 8.01. The van der Waals surface area contributed by atoms with Gasteiger partial charge in [0.1, 0.15) is 0 Å². The van der Waals surface area contributed by atoms with Gasteiger partial charge in [-0.1, -0.05) is 51.7 Å². The first-order valence-electron chi connectivity index (χ1n) is 8.27. The number of nitrogens with zero attached hydrogens (tertiary/aromatic N) is 3. The topological polar surface area (TPSA) is 57.0 Å². The lowest BCUT2D eigenvalue weighted by Crippen LogP contribution is -2.15. The largest absolute Gasteiger partial charge is 0.461 e. The minimum Gasteiger partial charge on any atom is -0.461 e. The Morgan fingerprint density at radius 3 is 2.57 bits per heavy atom. The molecule has 0 saturated carbocycles. The number of carbonyl (C=O) groups is 1. The lowest BCUT2D eigenvalue weighted by Gasteiger charge is -2.15. The van der Waals surface area contributed by atoms with Crippen molar-refractivity contribution in [3.8, 4) is 0 Å². The molecule has 5 nitrogen and oxygen atoms in total. The maximum atomic E-state index is 11.9. The van der Waals surface area contributed by atoms with Crippen LogP contribution in [0.5, 0.6) is 0 Å². The molecule has 1 aromatic rings. The summed E-state index contributed by atoms with van der Waals surface area (Å²) in [5.74, 6) is 0.242. The molecule has 0 saturated heterocycles. The van der Waals surface area contributed by atoms with Gasteiger partial charge in [0.05, 0.1) is 12.3 Å². The Balaban J connectivity index is 2.87. The normalized spacial score (nSPS) is 12.4. The molecule has 1 rings (SSSR count). The van der Waals surface area contributed by atoms with Crippen LogP contribution in [0.2, 0.25) is 0 Å². The van der Waals surface area contributed by atoms with Gasteiger partial charge in [-0.2, -0.15) is 0 Å². The predicted molar refractivity (Wildman–Crippen MR) is 83.3 cm³/mol. The number of ether oxygens (including phenoxy) is 1. The molecule has 5 heteroatoms. The van der Waals surface area contributed by atoms with Crippen LogP contribution in [0.3, 0.4) is 0 Å².